The molecule has 1 amide bonds. The van der Waals surface area contributed by atoms with E-state index in [1.54, 1.807) is 6.92 Å². The highest BCUT2D eigenvalue weighted by Gasteiger charge is 2.25. The minimum absolute atomic E-state index is 0.143. The van der Waals surface area contributed by atoms with E-state index >= 15 is 0 Å². The molecule has 94 valence electrons. The first kappa shape index (κ1) is 13.9. The van der Waals surface area contributed by atoms with Gasteiger partial charge < -0.3 is 15.5 Å². The molecule has 1 aromatic carbocycles. The maximum atomic E-state index is 11.8. The van der Waals surface area contributed by atoms with Crippen molar-refractivity contribution in [3.05, 3.63) is 23.8 Å². The highest BCUT2D eigenvalue weighted by atomic mass is 35.5. The first-order valence-electron chi connectivity index (χ1n) is 4.88. The van der Waals surface area contributed by atoms with E-state index in [9.17, 15) is 15.0 Å². The molecular weight excluding hydrogens is 265 g/mol. The minimum Gasteiger partial charge on any atom is -0.508 e. The highest BCUT2D eigenvalue weighted by Crippen LogP contribution is 2.21. The summed E-state index contributed by atoms with van der Waals surface area (Å²) in [6.45, 7) is 1.70. The van der Waals surface area contributed by atoms with Gasteiger partial charge in [0, 0.05) is 23.4 Å². The summed E-state index contributed by atoms with van der Waals surface area (Å²) in [4.78, 5) is 11.8. The molecular formula is C11H13Cl2NO3. The molecule has 17 heavy (non-hydrogen) atoms. The number of hydrogen-bond acceptors (Lipinski definition) is 3. The summed E-state index contributed by atoms with van der Waals surface area (Å²) in [5.74, 6) is -0.512. The number of phenolic OH excluding ortho intramolecular Hbond substituents is 2. The summed E-state index contributed by atoms with van der Waals surface area (Å²) in [7, 11) is 0. The fourth-order valence-corrected chi connectivity index (χ4v) is 1.59. The van der Waals surface area contributed by atoms with Gasteiger partial charge in [0.15, 0.2) is 0 Å². The summed E-state index contributed by atoms with van der Waals surface area (Å²) in [5, 5.41) is 21.2. The second kappa shape index (κ2) is 5.47. The van der Waals surface area contributed by atoms with Crippen LogP contribution < -0.4 is 5.32 Å². The van der Waals surface area contributed by atoms with Crippen LogP contribution in [-0.4, -0.2) is 33.4 Å². The Kier molecular flexibility index (Phi) is 4.48. The van der Waals surface area contributed by atoms with Crippen molar-refractivity contribution in [1.82, 2.24) is 5.32 Å². The topological polar surface area (TPSA) is 69.6 Å². The lowest BCUT2D eigenvalue weighted by Gasteiger charge is -2.25. The number of hydrogen-bond donors (Lipinski definition) is 3. The molecule has 0 aliphatic heterocycles. The zero-order valence-corrected chi connectivity index (χ0v) is 10.7. The number of alkyl halides is 2. The van der Waals surface area contributed by atoms with Crippen LogP contribution in [0.3, 0.4) is 0 Å². The Morgan fingerprint density at radius 2 is 1.71 bits per heavy atom. The number of rotatable bonds is 4. The van der Waals surface area contributed by atoms with Crippen molar-refractivity contribution in [3.63, 3.8) is 0 Å². The number of nitrogens with one attached hydrogen (secondary N) is 1. The fraction of sp³-hybridized carbons (Fsp3) is 0.364. The Labute approximate surface area is 109 Å². The molecule has 0 radical (unpaired) electrons. The molecule has 1 aromatic rings. The maximum absolute atomic E-state index is 11.8. The lowest BCUT2D eigenvalue weighted by atomic mass is 10.1. The van der Waals surface area contributed by atoms with Crippen LogP contribution in [0.1, 0.15) is 17.3 Å². The van der Waals surface area contributed by atoms with E-state index < -0.39 is 11.4 Å². The number of benzene rings is 1. The third-order valence-electron chi connectivity index (χ3n) is 2.17. The van der Waals surface area contributed by atoms with Crippen LogP contribution in [0.25, 0.3) is 0 Å². The molecule has 0 atom stereocenters. The van der Waals surface area contributed by atoms with Crippen LogP contribution in [0.2, 0.25) is 0 Å². The summed E-state index contributed by atoms with van der Waals surface area (Å²) < 4.78 is 0. The molecule has 3 N–H and O–H groups in total. The number of carbonyl (C=O) groups excluding carboxylic acids is 1. The SMILES string of the molecule is CC(CCl)(CCl)NC(=O)c1cc(O)cc(O)c1. The monoisotopic (exact) mass is 277 g/mol. The lowest BCUT2D eigenvalue weighted by Crippen LogP contribution is -2.49. The molecule has 0 saturated carbocycles. The van der Waals surface area contributed by atoms with Crippen molar-refractivity contribution in [2.45, 2.75) is 12.5 Å². The van der Waals surface area contributed by atoms with Crippen LogP contribution in [-0.2, 0) is 0 Å². The van der Waals surface area contributed by atoms with Crippen molar-refractivity contribution >= 4 is 29.1 Å². The third kappa shape index (κ3) is 3.68. The molecule has 0 bridgehead atoms. The molecule has 0 fully saturated rings. The molecule has 0 saturated heterocycles. The predicted molar refractivity (Wildman–Crippen MR) is 67.1 cm³/mol. The van der Waals surface area contributed by atoms with E-state index in [-0.39, 0.29) is 28.8 Å². The van der Waals surface area contributed by atoms with E-state index in [2.05, 4.69) is 5.32 Å². The zero-order chi connectivity index (χ0) is 13.1. The van der Waals surface area contributed by atoms with Gasteiger partial charge in [-0.1, -0.05) is 0 Å². The van der Waals surface area contributed by atoms with E-state index in [1.165, 1.54) is 12.1 Å². The van der Waals surface area contributed by atoms with Crippen LogP contribution >= 0.6 is 23.2 Å². The normalized spacial score (nSPS) is 11.2. The molecule has 4 nitrogen and oxygen atoms in total. The smallest absolute Gasteiger partial charge is 0.252 e. The van der Waals surface area contributed by atoms with Crippen molar-refractivity contribution in [1.29, 1.82) is 0 Å². The second-order valence-corrected chi connectivity index (χ2v) is 4.55. The first-order chi connectivity index (χ1) is 7.90. The van der Waals surface area contributed by atoms with Crippen LogP contribution in [0.4, 0.5) is 0 Å². The number of amides is 1. The van der Waals surface area contributed by atoms with E-state index in [4.69, 9.17) is 23.2 Å². The summed E-state index contributed by atoms with van der Waals surface area (Å²) in [6, 6.07) is 3.63. The number of halogens is 2. The largest absolute Gasteiger partial charge is 0.508 e. The Bertz CT molecular complexity index is 399. The van der Waals surface area contributed by atoms with Gasteiger partial charge in [0.1, 0.15) is 11.5 Å². The van der Waals surface area contributed by atoms with Gasteiger partial charge in [0.05, 0.1) is 5.54 Å². The number of carbonyl (C=O) groups is 1. The fourth-order valence-electron chi connectivity index (χ4n) is 1.18. The highest BCUT2D eigenvalue weighted by molar-refractivity contribution is 6.22. The summed E-state index contributed by atoms with van der Waals surface area (Å²) >= 11 is 11.4. The van der Waals surface area contributed by atoms with Crippen LogP contribution in [0.5, 0.6) is 11.5 Å². The minimum atomic E-state index is -0.735. The average Bonchev–Trinajstić information content (AvgIpc) is 2.27. The molecule has 1 rings (SSSR count). The zero-order valence-electron chi connectivity index (χ0n) is 9.20. The standard InChI is InChI=1S/C11H13Cl2NO3/c1-11(5-12,6-13)14-10(17)7-2-8(15)4-9(16)3-7/h2-4,15-16H,5-6H2,1H3,(H,14,17). The van der Waals surface area contributed by atoms with Gasteiger partial charge in [-0.05, 0) is 19.1 Å². The molecule has 0 aromatic heterocycles. The predicted octanol–water partition coefficient (Wildman–Crippen LogP) is 2.06. The molecule has 0 aliphatic carbocycles. The molecule has 6 heteroatoms. The van der Waals surface area contributed by atoms with E-state index in [0.29, 0.717) is 0 Å². The average molecular weight is 278 g/mol. The molecule has 0 spiro atoms. The Morgan fingerprint density at radius 1 is 1.24 bits per heavy atom. The van der Waals surface area contributed by atoms with Gasteiger partial charge in [-0.3, -0.25) is 4.79 Å². The summed E-state index contributed by atoms with van der Waals surface area (Å²) in [6.07, 6.45) is 0. The molecule has 0 unspecified atom stereocenters. The van der Waals surface area contributed by atoms with Crippen molar-refractivity contribution in [2.75, 3.05) is 11.8 Å². The Morgan fingerprint density at radius 3 is 2.12 bits per heavy atom. The van der Waals surface area contributed by atoms with Crippen LogP contribution in [0.15, 0.2) is 18.2 Å². The van der Waals surface area contributed by atoms with E-state index in [1.807, 2.05) is 0 Å². The van der Waals surface area contributed by atoms with Gasteiger partial charge in [0.25, 0.3) is 5.91 Å². The van der Waals surface area contributed by atoms with Gasteiger partial charge in [0.2, 0.25) is 0 Å². The van der Waals surface area contributed by atoms with Gasteiger partial charge in [-0.2, -0.15) is 0 Å². The lowest BCUT2D eigenvalue weighted by molar-refractivity contribution is 0.0920. The van der Waals surface area contributed by atoms with E-state index in [0.717, 1.165) is 6.07 Å². The maximum Gasteiger partial charge on any atom is 0.252 e. The van der Waals surface area contributed by atoms with Crippen molar-refractivity contribution < 1.29 is 15.0 Å². The number of aromatic hydroxyl groups is 2. The summed E-state index contributed by atoms with van der Waals surface area (Å²) in [5.41, 5.74) is -0.592. The van der Waals surface area contributed by atoms with Gasteiger partial charge in [-0.25, -0.2) is 0 Å². The molecule has 0 aliphatic rings. The Hall–Kier alpha value is -1.13. The van der Waals surface area contributed by atoms with Crippen molar-refractivity contribution in [3.8, 4) is 11.5 Å². The second-order valence-electron chi connectivity index (χ2n) is 4.02. The van der Waals surface area contributed by atoms with Crippen molar-refractivity contribution in [2.24, 2.45) is 0 Å². The Balaban J connectivity index is 2.90. The molecule has 0 heterocycles. The van der Waals surface area contributed by atoms with Gasteiger partial charge >= 0.3 is 0 Å². The number of phenols is 2. The third-order valence-corrected chi connectivity index (χ3v) is 3.35. The van der Waals surface area contributed by atoms with Gasteiger partial charge in [-0.15, -0.1) is 23.2 Å². The van der Waals surface area contributed by atoms with Crippen LogP contribution in [0, 0.1) is 0 Å². The quantitative estimate of drug-likeness (QED) is 0.738. The first-order valence-corrected chi connectivity index (χ1v) is 5.94.